The van der Waals surface area contributed by atoms with Gasteiger partial charge in [-0.15, -0.1) is 0 Å². The van der Waals surface area contributed by atoms with E-state index in [2.05, 4.69) is 10.2 Å². The molecule has 0 saturated carbocycles. The van der Waals surface area contributed by atoms with Crippen molar-refractivity contribution in [1.82, 2.24) is 9.80 Å². The Morgan fingerprint density at radius 1 is 0.971 bits per heavy atom. The number of benzene rings is 2. The Morgan fingerprint density at radius 3 is 2.24 bits per heavy atom. The Labute approximate surface area is 197 Å². The number of alkyl halides is 3. The van der Waals surface area contributed by atoms with Gasteiger partial charge >= 0.3 is 6.18 Å². The van der Waals surface area contributed by atoms with Crippen LogP contribution < -0.4 is 10.2 Å². The molecule has 2 saturated heterocycles. The van der Waals surface area contributed by atoms with Crippen molar-refractivity contribution in [2.45, 2.75) is 32.5 Å². The van der Waals surface area contributed by atoms with Gasteiger partial charge in [-0.05, 0) is 55.3 Å². The zero-order valence-electron chi connectivity index (χ0n) is 19.2. The van der Waals surface area contributed by atoms with Crippen LogP contribution in [-0.2, 0) is 11.3 Å². The average molecular weight is 479 g/mol. The van der Waals surface area contributed by atoms with Crippen LogP contribution in [-0.4, -0.2) is 61.2 Å². The molecule has 0 unspecified atom stereocenters. The van der Waals surface area contributed by atoms with Crippen molar-refractivity contribution >= 4 is 23.0 Å². The lowest BCUT2D eigenvalue weighted by Gasteiger charge is -2.34. The third-order valence-corrected chi connectivity index (χ3v) is 6.71. The van der Waals surface area contributed by atoms with Crippen molar-refractivity contribution in [3.8, 4) is 0 Å². The minimum atomic E-state index is -4.19. The highest BCUT2D eigenvalue weighted by Gasteiger charge is 2.41. The highest BCUT2D eigenvalue weighted by Crippen LogP contribution is 2.36. The first-order chi connectivity index (χ1) is 16.2. The molecule has 2 heterocycles. The molecule has 0 radical (unpaired) electrons. The summed E-state index contributed by atoms with van der Waals surface area (Å²) in [5.41, 5.74) is 2.69. The third-order valence-electron chi connectivity index (χ3n) is 6.71. The molecule has 0 bridgehead atoms. The van der Waals surface area contributed by atoms with E-state index in [1.165, 1.54) is 6.07 Å². The molecule has 2 aromatic carbocycles. The number of amides is 1. The summed E-state index contributed by atoms with van der Waals surface area (Å²) in [6.45, 7) is 5.90. The number of nitrogens with one attached hydrogen (secondary N) is 1. The number of carbonyl (C=O) groups excluding carboxylic acids is 1. The van der Waals surface area contributed by atoms with Gasteiger partial charge in [0.2, 0.25) is 5.91 Å². The van der Waals surface area contributed by atoms with Crippen LogP contribution in [0.5, 0.6) is 0 Å². The summed E-state index contributed by atoms with van der Waals surface area (Å²) in [4.78, 5) is 18.0. The van der Waals surface area contributed by atoms with Crippen LogP contribution >= 0.6 is 0 Å². The minimum absolute atomic E-state index is 0.0187. The molecular weight excluding hydrogens is 448 g/mol. The number of likely N-dealkylation sites (N-methyl/N-ethyl adjacent to an activating group) is 1. The summed E-state index contributed by atoms with van der Waals surface area (Å²) >= 11 is 0. The molecule has 2 aliphatic heterocycles. The first-order valence-corrected chi connectivity index (χ1v) is 11.7. The van der Waals surface area contributed by atoms with Crippen LogP contribution in [0.1, 0.15) is 25.3 Å². The van der Waals surface area contributed by atoms with Crippen molar-refractivity contribution in [2.24, 2.45) is 5.92 Å². The first kappa shape index (κ1) is 24.3. The highest BCUT2D eigenvalue weighted by atomic mass is 19.4. The number of hydrogen-bond donors (Lipinski definition) is 1. The maximum Gasteiger partial charge on any atom is 0.391 e. The van der Waals surface area contributed by atoms with Crippen LogP contribution in [0, 0.1) is 11.7 Å². The Kier molecular flexibility index (Phi) is 7.30. The molecule has 9 heteroatoms. The fourth-order valence-corrected chi connectivity index (χ4v) is 4.56. The lowest BCUT2D eigenvalue weighted by atomic mass is 9.96. The quantitative estimate of drug-likeness (QED) is 0.593. The van der Waals surface area contributed by atoms with Crippen molar-refractivity contribution in [1.29, 1.82) is 0 Å². The van der Waals surface area contributed by atoms with Gasteiger partial charge in [0.05, 0.1) is 18.2 Å². The van der Waals surface area contributed by atoms with E-state index in [-0.39, 0.29) is 31.8 Å². The molecule has 2 aliphatic rings. The van der Waals surface area contributed by atoms with E-state index < -0.39 is 17.9 Å². The maximum absolute atomic E-state index is 14.7. The minimum Gasteiger partial charge on any atom is -0.369 e. The van der Waals surface area contributed by atoms with Crippen LogP contribution in [0.2, 0.25) is 0 Å². The van der Waals surface area contributed by atoms with E-state index in [9.17, 15) is 22.4 Å². The molecule has 0 spiro atoms. The third kappa shape index (κ3) is 5.81. The number of piperazine rings is 1. The summed E-state index contributed by atoms with van der Waals surface area (Å²) in [6, 6.07) is 12.4. The Morgan fingerprint density at radius 2 is 1.65 bits per heavy atom. The molecule has 34 heavy (non-hydrogen) atoms. The average Bonchev–Trinajstić information content (AvgIpc) is 2.81. The molecule has 2 aromatic rings. The predicted octanol–water partition coefficient (Wildman–Crippen LogP) is 5.01. The van der Waals surface area contributed by atoms with E-state index in [1.807, 2.05) is 36.1 Å². The second kappa shape index (κ2) is 10.2. The number of piperidine rings is 1. The predicted molar refractivity (Wildman–Crippen MR) is 125 cm³/mol. The number of hydrogen-bond acceptors (Lipinski definition) is 4. The zero-order valence-corrected chi connectivity index (χ0v) is 19.2. The van der Waals surface area contributed by atoms with Gasteiger partial charge in [-0.3, -0.25) is 9.69 Å². The smallest absolute Gasteiger partial charge is 0.369 e. The largest absolute Gasteiger partial charge is 0.391 e. The van der Waals surface area contributed by atoms with Gasteiger partial charge in [-0.25, -0.2) is 4.39 Å². The van der Waals surface area contributed by atoms with Crippen LogP contribution in [0.25, 0.3) is 0 Å². The van der Waals surface area contributed by atoms with E-state index >= 15 is 0 Å². The monoisotopic (exact) mass is 478 g/mol. The number of rotatable bonds is 6. The van der Waals surface area contributed by atoms with E-state index in [1.54, 1.807) is 17.0 Å². The van der Waals surface area contributed by atoms with Gasteiger partial charge in [-0.2, -0.15) is 13.2 Å². The molecule has 2 fully saturated rings. The van der Waals surface area contributed by atoms with Crippen molar-refractivity contribution in [3.63, 3.8) is 0 Å². The number of anilines is 3. The molecule has 0 aromatic heterocycles. The Hall–Kier alpha value is -2.81. The Balaban J connectivity index is 1.33. The second-order valence-electron chi connectivity index (χ2n) is 8.98. The van der Waals surface area contributed by atoms with Crippen LogP contribution in [0.4, 0.5) is 34.6 Å². The van der Waals surface area contributed by atoms with E-state index in [0.29, 0.717) is 31.0 Å². The van der Waals surface area contributed by atoms with Gasteiger partial charge in [0.25, 0.3) is 0 Å². The normalized spacial score (nSPS) is 18.4. The molecule has 4 rings (SSSR count). The number of carbonyl (C=O) groups is 1. The molecule has 1 amide bonds. The lowest BCUT2D eigenvalue weighted by Crippen LogP contribution is -2.49. The SMILES string of the molecule is CCN1CCN(Cc2ccc(Nc3ccc(N4CCC(C(F)(F)F)CC4)c(F)c3)cc2)C(=O)C1. The maximum atomic E-state index is 14.7. The van der Waals surface area contributed by atoms with Crippen LogP contribution in [0.15, 0.2) is 42.5 Å². The van der Waals surface area contributed by atoms with Gasteiger partial charge in [0.15, 0.2) is 0 Å². The number of halogens is 4. The van der Waals surface area contributed by atoms with Crippen LogP contribution in [0.3, 0.4) is 0 Å². The van der Waals surface area contributed by atoms with Gasteiger partial charge < -0.3 is 15.1 Å². The van der Waals surface area contributed by atoms with Crippen molar-refractivity contribution in [3.05, 3.63) is 53.8 Å². The molecular formula is C25H30F4N4O. The summed E-state index contributed by atoms with van der Waals surface area (Å²) in [7, 11) is 0. The van der Waals surface area contributed by atoms with Crippen molar-refractivity contribution < 1.29 is 22.4 Å². The first-order valence-electron chi connectivity index (χ1n) is 11.7. The van der Waals surface area contributed by atoms with E-state index in [4.69, 9.17) is 0 Å². The summed E-state index contributed by atoms with van der Waals surface area (Å²) in [5, 5.41) is 3.16. The molecule has 0 aliphatic carbocycles. The van der Waals surface area contributed by atoms with Gasteiger partial charge in [0, 0.05) is 44.1 Å². The summed E-state index contributed by atoms with van der Waals surface area (Å²) in [6.07, 6.45) is -4.22. The van der Waals surface area contributed by atoms with Gasteiger partial charge in [0.1, 0.15) is 5.82 Å². The second-order valence-corrected chi connectivity index (χ2v) is 8.98. The van der Waals surface area contributed by atoms with Gasteiger partial charge in [-0.1, -0.05) is 19.1 Å². The summed E-state index contributed by atoms with van der Waals surface area (Å²) in [5.74, 6) is -1.64. The standard InChI is InChI=1S/C25H30F4N4O/c1-2-31-13-14-33(24(34)17-31)16-18-3-5-20(6-4-18)30-21-7-8-23(22(26)15-21)32-11-9-19(10-12-32)25(27,28)29/h3-8,15,19,30H,2,9-14,16-17H2,1H3. The molecule has 5 nitrogen and oxygen atoms in total. The zero-order chi connectivity index (χ0) is 24.3. The Bertz CT molecular complexity index is 987. The van der Waals surface area contributed by atoms with E-state index in [0.717, 1.165) is 24.3 Å². The summed E-state index contributed by atoms with van der Waals surface area (Å²) < 4.78 is 53.4. The molecule has 0 atom stereocenters. The number of nitrogens with zero attached hydrogens (tertiary/aromatic N) is 3. The molecule has 1 N–H and O–H groups in total. The fourth-order valence-electron chi connectivity index (χ4n) is 4.56. The highest BCUT2D eigenvalue weighted by molar-refractivity contribution is 5.79. The molecule has 184 valence electrons. The fraction of sp³-hybridized carbons (Fsp3) is 0.480. The lowest BCUT2D eigenvalue weighted by molar-refractivity contribution is -0.179. The van der Waals surface area contributed by atoms with Crippen molar-refractivity contribution in [2.75, 3.05) is 49.5 Å². The topological polar surface area (TPSA) is 38.8 Å².